The molecule has 0 unspecified atom stereocenters. The molecule has 3 rings (SSSR count). The van der Waals surface area contributed by atoms with Crippen molar-refractivity contribution in [1.29, 1.82) is 0 Å². The number of nitrogens with one attached hydrogen (secondary N) is 2. The fourth-order valence-electron chi connectivity index (χ4n) is 3.94. The molecule has 1 aliphatic heterocycles. The molecule has 2 aromatic rings. The van der Waals surface area contributed by atoms with Gasteiger partial charge in [0.05, 0.1) is 21.0 Å². The van der Waals surface area contributed by atoms with Crippen LogP contribution in [0.25, 0.3) is 10.6 Å². The van der Waals surface area contributed by atoms with E-state index in [0.717, 1.165) is 28.3 Å². The molecule has 5 nitrogen and oxygen atoms in total. The van der Waals surface area contributed by atoms with Gasteiger partial charge in [-0.2, -0.15) is 0 Å². The number of rotatable bonds is 3. The number of anilines is 1. The van der Waals surface area contributed by atoms with Gasteiger partial charge in [0, 0.05) is 23.3 Å². The number of piperidine rings is 1. The van der Waals surface area contributed by atoms with Crippen molar-refractivity contribution < 1.29 is 0 Å². The molecule has 4 N–H and O–H groups in total. The van der Waals surface area contributed by atoms with Crippen molar-refractivity contribution in [2.24, 2.45) is 5.73 Å². The number of hydrogen-bond acceptors (Lipinski definition) is 6. The average Bonchev–Trinajstić information content (AvgIpc) is 2.98. The van der Waals surface area contributed by atoms with Crippen molar-refractivity contribution in [3.8, 4) is 22.4 Å². The maximum absolute atomic E-state index is 5.95. The van der Waals surface area contributed by atoms with Crippen molar-refractivity contribution in [3.63, 3.8) is 0 Å². The SMILES string of the molecule is CC(C)(N)C#Cc1ccc(-c2ccnc(NC3CC(C)(C)NC(C)(C)C3)n2)s1. The lowest BCUT2D eigenvalue weighted by Gasteiger charge is -2.46. The Bertz CT molecular complexity index is 879. The fraction of sp³-hybridized carbons (Fsp3) is 0.545. The van der Waals surface area contributed by atoms with Crippen LogP contribution in [-0.4, -0.2) is 32.6 Å². The van der Waals surface area contributed by atoms with E-state index in [-0.39, 0.29) is 11.1 Å². The summed E-state index contributed by atoms with van der Waals surface area (Å²) in [5.41, 5.74) is 6.52. The van der Waals surface area contributed by atoms with Crippen LogP contribution < -0.4 is 16.4 Å². The van der Waals surface area contributed by atoms with Gasteiger partial charge >= 0.3 is 0 Å². The van der Waals surface area contributed by atoms with E-state index in [1.54, 1.807) is 11.3 Å². The van der Waals surface area contributed by atoms with E-state index in [0.29, 0.717) is 12.0 Å². The molecule has 0 saturated carbocycles. The summed E-state index contributed by atoms with van der Waals surface area (Å²) in [6.45, 7) is 12.8. The molecule has 6 heteroatoms. The zero-order valence-electron chi connectivity index (χ0n) is 17.7. The second-order valence-electron chi connectivity index (χ2n) is 9.54. The molecule has 1 aliphatic rings. The van der Waals surface area contributed by atoms with Crippen LogP contribution in [0.2, 0.25) is 0 Å². The highest BCUT2D eigenvalue weighted by atomic mass is 32.1. The second-order valence-corrected chi connectivity index (χ2v) is 10.6. The monoisotopic (exact) mass is 397 g/mol. The van der Waals surface area contributed by atoms with Crippen LogP contribution in [0.15, 0.2) is 24.4 Å². The molecule has 3 heterocycles. The first-order chi connectivity index (χ1) is 12.9. The highest BCUT2D eigenvalue weighted by Gasteiger charge is 2.37. The minimum Gasteiger partial charge on any atom is -0.351 e. The number of hydrogen-bond donors (Lipinski definition) is 3. The highest BCUT2D eigenvalue weighted by molar-refractivity contribution is 7.16. The smallest absolute Gasteiger partial charge is 0.223 e. The Morgan fingerprint density at radius 3 is 2.50 bits per heavy atom. The van der Waals surface area contributed by atoms with Crippen LogP contribution in [0.5, 0.6) is 0 Å². The number of nitrogens with zero attached hydrogens (tertiary/aromatic N) is 2. The zero-order valence-corrected chi connectivity index (χ0v) is 18.5. The van der Waals surface area contributed by atoms with Crippen molar-refractivity contribution >= 4 is 17.3 Å². The molecule has 0 spiro atoms. The molecule has 1 fully saturated rings. The van der Waals surface area contributed by atoms with E-state index in [2.05, 4.69) is 61.2 Å². The van der Waals surface area contributed by atoms with Crippen molar-refractivity contribution in [2.75, 3.05) is 5.32 Å². The number of aromatic nitrogens is 2. The normalized spacial score (nSPS) is 19.0. The third kappa shape index (κ3) is 5.78. The van der Waals surface area contributed by atoms with Crippen LogP contribution in [0.3, 0.4) is 0 Å². The van der Waals surface area contributed by atoms with Crippen LogP contribution in [0.1, 0.15) is 59.3 Å². The summed E-state index contributed by atoms with van der Waals surface area (Å²) < 4.78 is 0. The minimum atomic E-state index is -0.493. The average molecular weight is 398 g/mol. The predicted octanol–water partition coefficient (Wildman–Crippen LogP) is 4.02. The van der Waals surface area contributed by atoms with E-state index in [4.69, 9.17) is 10.7 Å². The molecule has 28 heavy (non-hydrogen) atoms. The van der Waals surface area contributed by atoms with Gasteiger partial charge in [0.15, 0.2) is 0 Å². The summed E-state index contributed by atoms with van der Waals surface area (Å²) in [6, 6.07) is 6.35. The van der Waals surface area contributed by atoms with E-state index in [1.807, 2.05) is 32.2 Å². The second kappa shape index (κ2) is 7.47. The van der Waals surface area contributed by atoms with Gasteiger partial charge < -0.3 is 16.4 Å². The number of nitrogens with two attached hydrogens (primary N) is 1. The lowest BCUT2D eigenvalue weighted by Crippen LogP contribution is -2.60. The minimum absolute atomic E-state index is 0.0785. The third-order valence-corrected chi connectivity index (χ3v) is 5.57. The summed E-state index contributed by atoms with van der Waals surface area (Å²) in [6.07, 6.45) is 3.87. The molecule has 2 aromatic heterocycles. The first-order valence-corrected chi connectivity index (χ1v) is 10.5. The maximum Gasteiger partial charge on any atom is 0.223 e. The lowest BCUT2D eigenvalue weighted by molar-refractivity contribution is 0.170. The van der Waals surface area contributed by atoms with Crippen molar-refractivity contribution in [2.45, 2.75) is 77.0 Å². The van der Waals surface area contributed by atoms with Gasteiger partial charge in [0.1, 0.15) is 0 Å². The van der Waals surface area contributed by atoms with Crippen molar-refractivity contribution in [3.05, 3.63) is 29.3 Å². The van der Waals surface area contributed by atoms with Gasteiger partial charge in [-0.05, 0) is 72.6 Å². The van der Waals surface area contributed by atoms with E-state index in [1.165, 1.54) is 0 Å². The zero-order chi connectivity index (χ0) is 20.6. The molecular weight excluding hydrogens is 366 g/mol. The Hall–Kier alpha value is -1.94. The quantitative estimate of drug-likeness (QED) is 0.682. The predicted molar refractivity (Wildman–Crippen MR) is 118 cm³/mol. The molecule has 0 amide bonds. The molecule has 0 aliphatic carbocycles. The fourth-order valence-corrected chi connectivity index (χ4v) is 4.77. The summed E-state index contributed by atoms with van der Waals surface area (Å²) in [7, 11) is 0. The topological polar surface area (TPSA) is 75.9 Å². The van der Waals surface area contributed by atoms with Gasteiger partial charge in [-0.3, -0.25) is 0 Å². The Labute approximate surface area is 172 Å². The molecule has 0 bridgehead atoms. The maximum atomic E-state index is 5.95. The Kier molecular flexibility index (Phi) is 5.55. The van der Waals surface area contributed by atoms with E-state index < -0.39 is 5.54 Å². The Morgan fingerprint density at radius 1 is 1.18 bits per heavy atom. The standard InChI is InChI=1S/C22H31N5S/c1-20(2,23)11-9-16-7-8-18(28-16)17-10-12-24-19(26-17)25-15-13-21(3,4)27-22(5,6)14-15/h7-8,10,12,15,27H,13-14,23H2,1-6H3,(H,24,25,26). The molecule has 0 atom stereocenters. The van der Waals surface area contributed by atoms with Gasteiger partial charge in [-0.15, -0.1) is 11.3 Å². The van der Waals surface area contributed by atoms with E-state index >= 15 is 0 Å². The molecule has 0 aromatic carbocycles. The van der Waals surface area contributed by atoms with Gasteiger partial charge in [-0.25, -0.2) is 9.97 Å². The molecule has 150 valence electrons. The van der Waals surface area contributed by atoms with Crippen LogP contribution in [0.4, 0.5) is 5.95 Å². The molecule has 1 saturated heterocycles. The molecular formula is C22H31N5S. The largest absolute Gasteiger partial charge is 0.351 e. The third-order valence-electron chi connectivity index (χ3n) is 4.55. The first-order valence-electron chi connectivity index (χ1n) is 9.72. The summed E-state index contributed by atoms with van der Waals surface area (Å²) >= 11 is 1.62. The van der Waals surface area contributed by atoms with E-state index in [9.17, 15) is 0 Å². The lowest BCUT2D eigenvalue weighted by atomic mass is 9.80. The summed E-state index contributed by atoms with van der Waals surface area (Å²) in [5.74, 6) is 6.90. The Balaban J connectivity index is 1.76. The Morgan fingerprint density at radius 2 is 1.86 bits per heavy atom. The van der Waals surface area contributed by atoms with Gasteiger partial charge in [0.25, 0.3) is 0 Å². The van der Waals surface area contributed by atoms with Crippen LogP contribution in [0, 0.1) is 11.8 Å². The summed E-state index contributed by atoms with van der Waals surface area (Å²) in [4.78, 5) is 11.3. The van der Waals surface area contributed by atoms with Gasteiger partial charge in [0.2, 0.25) is 5.95 Å². The first kappa shape index (κ1) is 20.8. The van der Waals surface area contributed by atoms with Crippen LogP contribution >= 0.6 is 11.3 Å². The van der Waals surface area contributed by atoms with Gasteiger partial charge in [-0.1, -0.05) is 11.8 Å². The van der Waals surface area contributed by atoms with Crippen LogP contribution in [-0.2, 0) is 0 Å². The van der Waals surface area contributed by atoms with Crippen molar-refractivity contribution in [1.82, 2.24) is 15.3 Å². The molecule has 0 radical (unpaired) electrons. The number of thiophene rings is 1. The summed E-state index contributed by atoms with van der Waals surface area (Å²) in [5, 5.41) is 7.26. The highest BCUT2D eigenvalue weighted by Crippen LogP contribution is 2.31.